The first-order valence-corrected chi connectivity index (χ1v) is 8.79. The summed E-state index contributed by atoms with van der Waals surface area (Å²) in [5.41, 5.74) is 0.134. The third-order valence-corrected chi connectivity index (χ3v) is 4.44. The van der Waals surface area contributed by atoms with Crippen molar-refractivity contribution in [3.8, 4) is 0 Å². The highest BCUT2D eigenvalue weighted by molar-refractivity contribution is 5.68. The van der Waals surface area contributed by atoms with E-state index >= 15 is 0 Å². The van der Waals surface area contributed by atoms with Crippen molar-refractivity contribution in [3.05, 3.63) is 41.7 Å². The van der Waals surface area contributed by atoms with Crippen molar-refractivity contribution in [1.82, 2.24) is 30.4 Å². The zero-order valence-electron chi connectivity index (χ0n) is 15.8. The van der Waals surface area contributed by atoms with Crippen molar-refractivity contribution in [2.75, 3.05) is 13.1 Å². The molecule has 1 atom stereocenters. The minimum atomic E-state index is -0.522. The summed E-state index contributed by atoms with van der Waals surface area (Å²) in [5, 5.41) is 15.6. The van der Waals surface area contributed by atoms with E-state index in [2.05, 4.69) is 33.0 Å². The van der Waals surface area contributed by atoms with E-state index in [9.17, 15) is 4.79 Å². The van der Waals surface area contributed by atoms with Crippen LogP contribution in [0.1, 0.15) is 38.6 Å². The molecule has 1 N–H and O–H groups in total. The van der Waals surface area contributed by atoms with E-state index in [-0.39, 0.29) is 6.09 Å². The molecule has 1 unspecified atom stereocenters. The first-order valence-electron chi connectivity index (χ1n) is 8.79. The van der Waals surface area contributed by atoms with Crippen molar-refractivity contribution in [1.29, 1.82) is 0 Å². The van der Waals surface area contributed by atoms with Gasteiger partial charge in [0.15, 0.2) is 5.82 Å². The number of likely N-dealkylation sites (tertiary alicyclic amines) is 1. The number of aromatic nitrogens is 4. The Kier molecular flexibility index (Phi) is 4.95. The smallest absolute Gasteiger partial charge is 0.410 e. The lowest BCUT2D eigenvalue weighted by molar-refractivity contribution is 0.0278. The summed E-state index contributed by atoms with van der Waals surface area (Å²) in [6.07, 6.45) is 0.406. The number of ether oxygens (including phenoxy) is 1. The fraction of sp³-hybridized carbons (Fsp3) is 0.556. The Morgan fingerprint density at radius 1 is 1.31 bits per heavy atom. The number of nitrogens with zero attached hydrogens (tertiary/aromatic N) is 5. The van der Waals surface area contributed by atoms with Crippen LogP contribution < -0.4 is 5.32 Å². The van der Waals surface area contributed by atoms with E-state index in [1.165, 1.54) is 0 Å². The maximum atomic E-state index is 12.5. The van der Waals surface area contributed by atoms with Crippen molar-refractivity contribution < 1.29 is 9.53 Å². The van der Waals surface area contributed by atoms with Gasteiger partial charge in [-0.3, -0.25) is 5.32 Å². The summed E-state index contributed by atoms with van der Waals surface area (Å²) in [7, 11) is 1.82. The minimum absolute atomic E-state index is 0.309. The normalized spacial score (nSPS) is 20.4. The average Bonchev–Trinajstić information content (AvgIpc) is 3.20. The molecule has 1 aromatic carbocycles. The Balaban J connectivity index is 1.79. The van der Waals surface area contributed by atoms with Gasteiger partial charge in [0.1, 0.15) is 11.1 Å². The maximum Gasteiger partial charge on any atom is 0.410 e. The van der Waals surface area contributed by atoms with Gasteiger partial charge in [-0.1, -0.05) is 30.3 Å². The molecule has 0 bridgehead atoms. The van der Waals surface area contributed by atoms with Gasteiger partial charge < -0.3 is 9.64 Å². The van der Waals surface area contributed by atoms with Crippen LogP contribution in [0.5, 0.6) is 0 Å². The molecule has 1 amide bonds. The van der Waals surface area contributed by atoms with Gasteiger partial charge in [-0.15, -0.1) is 5.10 Å². The van der Waals surface area contributed by atoms with Crippen LogP contribution in [0.2, 0.25) is 0 Å². The lowest BCUT2D eigenvalue weighted by Crippen LogP contribution is -2.47. The van der Waals surface area contributed by atoms with E-state index in [0.717, 1.165) is 11.4 Å². The number of tetrazole rings is 1. The zero-order chi connectivity index (χ0) is 18.8. The molecule has 140 valence electrons. The van der Waals surface area contributed by atoms with E-state index in [4.69, 9.17) is 4.74 Å². The number of carbonyl (C=O) groups is 1. The number of nitrogens with one attached hydrogen (secondary N) is 1. The highest BCUT2D eigenvalue weighted by Crippen LogP contribution is 2.31. The molecule has 26 heavy (non-hydrogen) atoms. The number of benzene rings is 1. The van der Waals surface area contributed by atoms with Gasteiger partial charge in [0.2, 0.25) is 0 Å². The number of aryl methyl sites for hydroxylation is 1. The van der Waals surface area contributed by atoms with Gasteiger partial charge >= 0.3 is 6.09 Å². The number of hydrogen-bond donors (Lipinski definition) is 1. The summed E-state index contributed by atoms with van der Waals surface area (Å²) in [6.45, 7) is 7.32. The van der Waals surface area contributed by atoms with Gasteiger partial charge in [-0.25, -0.2) is 9.48 Å². The van der Waals surface area contributed by atoms with Crippen LogP contribution in [0.25, 0.3) is 0 Å². The van der Waals surface area contributed by atoms with E-state index < -0.39 is 11.1 Å². The van der Waals surface area contributed by atoms with Crippen molar-refractivity contribution >= 4 is 6.09 Å². The first kappa shape index (κ1) is 18.3. The van der Waals surface area contributed by atoms with E-state index in [0.29, 0.717) is 26.1 Å². The quantitative estimate of drug-likeness (QED) is 0.898. The fourth-order valence-corrected chi connectivity index (χ4v) is 3.20. The largest absolute Gasteiger partial charge is 0.444 e. The van der Waals surface area contributed by atoms with Crippen LogP contribution in [0.3, 0.4) is 0 Å². The maximum absolute atomic E-state index is 12.5. The molecule has 0 spiro atoms. The molecule has 0 saturated carbocycles. The first-order chi connectivity index (χ1) is 12.3. The summed E-state index contributed by atoms with van der Waals surface area (Å²) < 4.78 is 7.19. The molecule has 8 nitrogen and oxygen atoms in total. The molecular weight excluding hydrogens is 332 g/mol. The Morgan fingerprint density at radius 2 is 2.04 bits per heavy atom. The van der Waals surface area contributed by atoms with Crippen molar-refractivity contribution in [3.63, 3.8) is 0 Å². The molecule has 1 fully saturated rings. The molecule has 1 aliphatic rings. The second-order valence-corrected chi connectivity index (χ2v) is 7.70. The predicted molar refractivity (Wildman–Crippen MR) is 96.2 cm³/mol. The monoisotopic (exact) mass is 358 g/mol. The van der Waals surface area contributed by atoms with E-state index in [1.807, 2.05) is 46.0 Å². The Morgan fingerprint density at radius 3 is 2.65 bits per heavy atom. The molecular formula is C18H26N6O2. The standard InChI is InChI=1S/C18H26N6O2/c1-17(2,3)26-16(25)24-11-10-18(13-24,15-20-21-22-23(15)4)19-12-14-8-6-5-7-9-14/h5-9,19H,10-13H2,1-4H3. The van der Waals surface area contributed by atoms with Gasteiger partial charge in [0, 0.05) is 26.7 Å². The highest BCUT2D eigenvalue weighted by atomic mass is 16.6. The van der Waals surface area contributed by atoms with Gasteiger partial charge in [-0.2, -0.15) is 0 Å². The highest BCUT2D eigenvalue weighted by Gasteiger charge is 2.45. The zero-order valence-corrected chi connectivity index (χ0v) is 15.8. The molecule has 3 rings (SSSR count). The summed E-state index contributed by atoms with van der Waals surface area (Å²) in [6, 6.07) is 10.1. The third-order valence-electron chi connectivity index (χ3n) is 4.44. The molecule has 0 radical (unpaired) electrons. The Labute approximate surface area is 153 Å². The van der Waals surface area contributed by atoms with Crippen LogP contribution in [-0.2, 0) is 23.9 Å². The fourth-order valence-electron chi connectivity index (χ4n) is 3.20. The average molecular weight is 358 g/mol. The molecule has 2 heterocycles. The third kappa shape index (κ3) is 4.01. The lowest BCUT2D eigenvalue weighted by Gasteiger charge is -2.30. The van der Waals surface area contributed by atoms with Crippen LogP contribution >= 0.6 is 0 Å². The lowest BCUT2D eigenvalue weighted by atomic mass is 9.96. The number of rotatable bonds is 4. The van der Waals surface area contributed by atoms with Gasteiger partial charge in [0.05, 0.1) is 0 Å². The van der Waals surface area contributed by atoms with E-state index in [1.54, 1.807) is 9.58 Å². The van der Waals surface area contributed by atoms with Crippen LogP contribution in [0.15, 0.2) is 30.3 Å². The second-order valence-electron chi connectivity index (χ2n) is 7.70. The van der Waals surface area contributed by atoms with Crippen molar-refractivity contribution in [2.24, 2.45) is 7.05 Å². The minimum Gasteiger partial charge on any atom is -0.444 e. The summed E-state index contributed by atoms with van der Waals surface area (Å²) >= 11 is 0. The molecule has 1 saturated heterocycles. The predicted octanol–water partition coefficient (Wildman–Crippen LogP) is 1.84. The topological polar surface area (TPSA) is 85.2 Å². The number of carbonyl (C=O) groups excluding carboxylic acids is 1. The summed E-state index contributed by atoms with van der Waals surface area (Å²) in [5.74, 6) is 0.722. The van der Waals surface area contributed by atoms with Gasteiger partial charge in [0.25, 0.3) is 0 Å². The Bertz CT molecular complexity index is 755. The summed E-state index contributed by atoms with van der Waals surface area (Å²) in [4.78, 5) is 14.2. The molecule has 0 aliphatic carbocycles. The van der Waals surface area contributed by atoms with Crippen LogP contribution in [-0.4, -0.2) is 49.9 Å². The van der Waals surface area contributed by atoms with Crippen molar-refractivity contribution in [2.45, 2.75) is 44.9 Å². The number of hydrogen-bond acceptors (Lipinski definition) is 6. The van der Waals surface area contributed by atoms with Gasteiger partial charge in [-0.05, 0) is 43.2 Å². The molecule has 1 aliphatic heterocycles. The SMILES string of the molecule is Cn1nnnc1C1(NCc2ccccc2)CCN(C(=O)OC(C)(C)C)C1. The molecule has 8 heteroatoms. The van der Waals surface area contributed by atoms with Crippen LogP contribution in [0, 0.1) is 0 Å². The Hall–Kier alpha value is -2.48. The molecule has 1 aromatic heterocycles. The second kappa shape index (κ2) is 7.03. The molecule has 2 aromatic rings. The number of amides is 1. The van der Waals surface area contributed by atoms with Crippen LogP contribution in [0.4, 0.5) is 4.79 Å².